The minimum Gasteiger partial charge on any atom is -0.353 e. The number of hydrogen-bond donors (Lipinski definition) is 3. The second kappa shape index (κ2) is 10.2. The van der Waals surface area contributed by atoms with Crippen LogP contribution in [0.3, 0.4) is 0 Å². The van der Waals surface area contributed by atoms with Crippen LogP contribution in [-0.2, 0) is 17.6 Å². The fraction of sp³-hybridized carbons (Fsp3) is 0.300. The van der Waals surface area contributed by atoms with Gasteiger partial charge in [0.05, 0.1) is 6.54 Å². The van der Waals surface area contributed by atoms with E-state index >= 15 is 0 Å². The Kier molecular flexibility index (Phi) is 7.90. The van der Waals surface area contributed by atoms with Crippen LogP contribution >= 0.6 is 24.0 Å². The number of halogens is 1. The lowest BCUT2D eigenvalue weighted by Crippen LogP contribution is -2.47. The van der Waals surface area contributed by atoms with E-state index in [1.165, 1.54) is 11.1 Å². The SMILES string of the molecule is CN=C(NCC(=O)Nc1ccccc1)NC1CCc2ccccc2C1.I. The zero-order chi connectivity index (χ0) is 17.5. The number of aryl methyl sites for hydroxylation is 1. The van der Waals surface area contributed by atoms with Crippen LogP contribution < -0.4 is 16.0 Å². The molecule has 0 heterocycles. The Balaban J connectivity index is 0.00000243. The van der Waals surface area contributed by atoms with Gasteiger partial charge in [-0.25, -0.2) is 0 Å². The quantitative estimate of drug-likeness (QED) is 0.371. The van der Waals surface area contributed by atoms with E-state index in [1.807, 2.05) is 30.3 Å². The molecular formula is C20H25IN4O. The highest BCUT2D eigenvalue weighted by molar-refractivity contribution is 14.0. The van der Waals surface area contributed by atoms with Crippen LogP contribution in [0.15, 0.2) is 59.6 Å². The average Bonchev–Trinajstić information content (AvgIpc) is 2.65. The van der Waals surface area contributed by atoms with Crippen LogP contribution in [0.1, 0.15) is 17.5 Å². The van der Waals surface area contributed by atoms with Gasteiger partial charge in [0.15, 0.2) is 5.96 Å². The lowest BCUT2D eigenvalue weighted by Gasteiger charge is -2.27. The molecule has 1 aliphatic carbocycles. The summed E-state index contributed by atoms with van der Waals surface area (Å²) in [7, 11) is 1.72. The molecule has 0 saturated carbocycles. The number of amides is 1. The molecule has 1 unspecified atom stereocenters. The first-order chi connectivity index (χ1) is 12.2. The van der Waals surface area contributed by atoms with Gasteiger partial charge in [0.1, 0.15) is 0 Å². The fourth-order valence-corrected chi connectivity index (χ4v) is 3.10. The molecule has 0 aliphatic heterocycles. The molecule has 0 bridgehead atoms. The van der Waals surface area contributed by atoms with Gasteiger partial charge >= 0.3 is 0 Å². The number of aliphatic imine (C=N–C) groups is 1. The Bertz CT molecular complexity index is 748. The van der Waals surface area contributed by atoms with Crippen molar-refractivity contribution in [3.63, 3.8) is 0 Å². The van der Waals surface area contributed by atoms with Gasteiger partial charge in [-0.05, 0) is 42.5 Å². The maximum Gasteiger partial charge on any atom is 0.243 e. The molecule has 5 nitrogen and oxygen atoms in total. The molecule has 0 saturated heterocycles. The number of carbonyl (C=O) groups excluding carboxylic acids is 1. The van der Waals surface area contributed by atoms with Gasteiger partial charge in [-0.1, -0.05) is 42.5 Å². The standard InChI is InChI=1S/C20H24N4O.HI/c1-21-20(22-14-19(25)23-17-9-3-2-4-10-17)24-18-12-11-15-7-5-6-8-16(15)13-18;/h2-10,18H,11-14H2,1H3,(H,23,25)(H2,21,22,24);1H. The third-order valence-electron chi connectivity index (χ3n) is 4.39. The Morgan fingerprint density at radius 2 is 1.77 bits per heavy atom. The summed E-state index contributed by atoms with van der Waals surface area (Å²) in [5.41, 5.74) is 3.62. The number of benzene rings is 2. The number of guanidine groups is 1. The number of nitrogens with one attached hydrogen (secondary N) is 3. The molecule has 1 aliphatic rings. The summed E-state index contributed by atoms with van der Waals surface area (Å²) in [4.78, 5) is 16.3. The maximum atomic E-state index is 12.0. The predicted octanol–water partition coefficient (Wildman–Crippen LogP) is 2.97. The van der Waals surface area contributed by atoms with Gasteiger partial charge < -0.3 is 16.0 Å². The van der Waals surface area contributed by atoms with Gasteiger partial charge in [0.2, 0.25) is 5.91 Å². The topological polar surface area (TPSA) is 65.5 Å². The van der Waals surface area contributed by atoms with Gasteiger partial charge in [-0.3, -0.25) is 9.79 Å². The lowest BCUT2D eigenvalue weighted by molar-refractivity contribution is -0.115. The normalized spacial score (nSPS) is 16.0. The molecule has 2 aromatic rings. The number of carbonyl (C=O) groups is 1. The molecule has 1 atom stereocenters. The molecule has 26 heavy (non-hydrogen) atoms. The van der Waals surface area contributed by atoms with Crippen LogP contribution in [-0.4, -0.2) is 31.5 Å². The summed E-state index contributed by atoms with van der Waals surface area (Å²) >= 11 is 0. The van der Waals surface area contributed by atoms with E-state index in [1.54, 1.807) is 7.05 Å². The maximum absolute atomic E-state index is 12.0. The second-order valence-corrected chi connectivity index (χ2v) is 6.19. The molecule has 2 aromatic carbocycles. The van der Waals surface area contributed by atoms with Crippen molar-refractivity contribution in [1.82, 2.24) is 10.6 Å². The molecule has 3 rings (SSSR count). The number of nitrogens with zero attached hydrogens (tertiary/aromatic N) is 1. The van der Waals surface area contributed by atoms with Gasteiger partial charge in [0, 0.05) is 18.8 Å². The number of rotatable bonds is 4. The fourth-order valence-electron chi connectivity index (χ4n) is 3.10. The molecule has 1 amide bonds. The molecule has 3 N–H and O–H groups in total. The van der Waals surface area contributed by atoms with Crippen LogP contribution in [0.25, 0.3) is 0 Å². The van der Waals surface area contributed by atoms with Crippen molar-refractivity contribution < 1.29 is 4.79 Å². The highest BCUT2D eigenvalue weighted by Crippen LogP contribution is 2.20. The summed E-state index contributed by atoms with van der Waals surface area (Å²) < 4.78 is 0. The molecule has 138 valence electrons. The Hall–Kier alpha value is -2.09. The van der Waals surface area contributed by atoms with Crippen molar-refractivity contribution in [2.24, 2.45) is 4.99 Å². The smallest absolute Gasteiger partial charge is 0.243 e. The van der Waals surface area contributed by atoms with E-state index < -0.39 is 0 Å². The van der Waals surface area contributed by atoms with E-state index in [0.717, 1.165) is 24.9 Å². The zero-order valence-corrected chi connectivity index (χ0v) is 17.2. The lowest BCUT2D eigenvalue weighted by atomic mass is 9.88. The van der Waals surface area contributed by atoms with E-state index in [-0.39, 0.29) is 36.4 Å². The van der Waals surface area contributed by atoms with Crippen LogP contribution in [0, 0.1) is 0 Å². The third kappa shape index (κ3) is 5.72. The van der Waals surface area contributed by atoms with E-state index in [2.05, 4.69) is 45.2 Å². The minimum absolute atomic E-state index is 0. The number of anilines is 1. The average molecular weight is 464 g/mol. The molecule has 0 spiro atoms. The number of fused-ring (bicyclic) bond motifs is 1. The predicted molar refractivity (Wildman–Crippen MR) is 117 cm³/mol. The first kappa shape index (κ1) is 20.2. The first-order valence-corrected chi connectivity index (χ1v) is 8.63. The van der Waals surface area contributed by atoms with Crippen LogP contribution in [0.4, 0.5) is 5.69 Å². The van der Waals surface area contributed by atoms with E-state index in [4.69, 9.17) is 0 Å². The Morgan fingerprint density at radius 1 is 1.08 bits per heavy atom. The monoisotopic (exact) mass is 464 g/mol. The van der Waals surface area contributed by atoms with Crippen molar-refractivity contribution in [2.75, 3.05) is 18.9 Å². The van der Waals surface area contributed by atoms with Gasteiger partial charge in [-0.15, -0.1) is 24.0 Å². The molecule has 0 aromatic heterocycles. The van der Waals surface area contributed by atoms with Gasteiger partial charge in [0.25, 0.3) is 0 Å². The summed E-state index contributed by atoms with van der Waals surface area (Å²) in [5, 5.41) is 9.37. The highest BCUT2D eigenvalue weighted by atomic mass is 127. The Labute approximate surface area is 171 Å². The van der Waals surface area contributed by atoms with Crippen LogP contribution in [0.2, 0.25) is 0 Å². The molecule has 0 fully saturated rings. The van der Waals surface area contributed by atoms with Crippen molar-refractivity contribution in [1.29, 1.82) is 0 Å². The highest BCUT2D eigenvalue weighted by Gasteiger charge is 2.19. The van der Waals surface area contributed by atoms with Crippen molar-refractivity contribution in [3.8, 4) is 0 Å². The summed E-state index contributed by atoms with van der Waals surface area (Å²) in [6.07, 6.45) is 3.11. The Morgan fingerprint density at radius 3 is 2.50 bits per heavy atom. The van der Waals surface area contributed by atoms with Crippen molar-refractivity contribution in [3.05, 3.63) is 65.7 Å². The number of hydrogen-bond acceptors (Lipinski definition) is 2. The molecule has 0 radical (unpaired) electrons. The number of para-hydroxylation sites is 1. The van der Waals surface area contributed by atoms with Gasteiger partial charge in [-0.2, -0.15) is 0 Å². The third-order valence-corrected chi connectivity index (χ3v) is 4.39. The first-order valence-electron chi connectivity index (χ1n) is 8.63. The summed E-state index contributed by atoms with van der Waals surface area (Å²) in [6.45, 7) is 0.178. The molecule has 6 heteroatoms. The van der Waals surface area contributed by atoms with E-state index in [0.29, 0.717) is 12.0 Å². The summed E-state index contributed by atoms with van der Waals surface area (Å²) in [6, 6.07) is 18.3. The summed E-state index contributed by atoms with van der Waals surface area (Å²) in [5.74, 6) is 0.565. The zero-order valence-electron chi connectivity index (χ0n) is 14.9. The molecular weight excluding hydrogens is 439 g/mol. The largest absolute Gasteiger partial charge is 0.353 e. The van der Waals surface area contributed by atoms with Crippen molar-refractivity contribution in [2.45, 2.75) is 25.3 Å². The second-order valence-electron chi connectivity index (χ2n) is 6.19. The van der Waals surface area contributed by atoms with E-state index in [9.17, 15) is 4.79 Å². The van der Waals surface area contributed by atoms with Crippen LogP contribution in [0.5, 0.6) is 0 Å². The minimum atomic E-state index is -0.0943. The van der Waals surface area contributed by atoms with Crippen molar-refractivity contribution >= 4 is 41.5 Å².